The van der Waals surface area contributed by atoms with Crippen LogP contribution in [0.5, 0.6) is 5.75 Å². The number of hydrogen-bond acceptors (Lipinski definition) is 3. The van der Waals surface area contributed by atoms with E-state index in [-0.39, 0.29) is 5.69 Å². The van der Waals surface area contributed by atoms with Crippen molar-refractivity contribution in [3.8, 4) is 5.75 Å². The average molecular weight is 302 g/mol. The van der Waals surface area contributed by atoms with Crippen LogP contribution in [-0.4, -0.2) is 0 Å². The Morgan fingerprint density at radius 3 is 2.81 bits per heavy atom. The van der Waals surface area contributed by atoms with Gasteiger partial charge in [-0.2, -0.15) is 0 Å². The van der Waals surface area contributed by atoms with Crippen molar-refractivity contribution in [2.24, 2.45) is 0 Å². The van der Waals surface area contributed by atoms with E-state index in [1.165, 1.54) is 12.1 Å². The predicted molar refractivity (Wildman–Crippen MR) is 67.2 cm³/mol. The summed E-state index contributed by atoms with van der Waals surface area (Å²) in [6, 6.07) is 6.39. The summed E-state index contributed by atoms with van der Waals surface area (Å²) in [5, 5.41) is 1.96. The molecule has 1 heterocycles. The molecule has 0 saturated heterocycles. The van der Waals surface area contributed by atoms with Crippen molar-refractivity contribution < 1.29 is 9.13 Å². The summed E-state index contributed by atoms with van der Waals surface area (Å²) in [4.78, 5) is 1.07. The van der Waals surface area contributed by atoms with Crippen molar-refractivity contribution in [2.45, 2.75) is 6.61 Å². The van der Waals surface area contributed by atoms with Gasteiger partial charge in [-0.05, 0) is 39.5 Å². The molecule has 0 unspecified atom stereocenters. The van der Waals surface area contributed by atoms with Crippen LogP contribution in [-0.2, 0) is 6.61 Å². The molecule has 0 radical (unpaired) electrons. The quantitative estimate of drug-likeness (QED) is 0.875. The van der Waals surface area contributed by atoms with Gasteiger partial charge in [0.1, 0.15) is 18.2 Å². The molecule has 0 atom stereocenters. The zero-order chi connectivity index (χ0) is 11.5. The summed E-state index contributed by atoms with van der Waals surface area (Å²) >= 11 is 4.99. The van der Waals surface area contributed by atoms with Crippen LogP contribution in [0.3, 0.4) is 0 Å². The predicted octanol–water partition coefficient (Wildman–Crippen LogP) is 3.81. The Kier molecular flexibility index (Phi) is 3.46. The monoisotopic (exact) mass is 301 g/mol. The van der Waals surface area contributed by atoms with Crippen molar-refractivity contribution >= 4 is 33.0 Å². The summed E-state index contributed by atoms with van der Waals surface area (Å²) < 4.78 is 19.6. The van der Waals surface area contributed by atoms with Crippen LogP contribution in [0.15, 0.2) is 34.1 Å². The fourth-order valence-corrected chi connectivity index (χ4v) is 2.55. The Hall–Kier alpha value is -1.07. The Labute approximate surface area is 105 Å². The lowest BCUT2D eigenvalue weighted by atomic mass is 10.3. The number of nitrogens with two attached hydrogens (primary N) is 1. The van der Waals surface area contributed by atoms with E-state index in [4.69, 9.17) is 10.5 Å². The molecule has 2 nitrogen and oxygen atoms in total. The number of halogens is 2. The van der Waals surface area contributed by atoms with Gasteiger partial charge >= 0.3 is 0 Å². The van der Waals surface area contributed by atoms with Gasteiger partial charge in [0.25, 0.3) is 0 Å². The maximum Gasteiger partial charge on any atom is 0.149 e. The molecule has 2 aromatic rings. The summed E-state index contributed by atoms with van der Waals surface area (Å²) in [6.45, 7) is 0.418. The molecule has 0 amide bonds. The van der Waals surface area contributed by atoms with Gasteiger partial charge in [0.2, 0.25) is 0 Å². The zero-order valence-electron chi connectivity index (χ0n) is 8.24. The van der Waals surface area contributed by atoms with E-state index in [1.807, 2.05) is 11.4 Å². The van der Waals surface area contributed by atoms with E-state index >= 15 is 0 Å². The van der Waals surface area contributed by atoms with Crippen LogP contribution in [0.4, 0.5) is 10.1 Å². The SMILES string of the molecule is Nc1ccc(OCc2sccc2Br)cc1F. The van der Waals surface area contributed by atoms with Gasteiger partial charge in [-0.3, -0.25) is 0 Å². The third-order valence-corrected chi connectivity index (χ3v) is 3.93. The van der Waals surface area contributed by atoms with E-state index < -0.39 is 5.82 Å². The first kappa shape index (κ1) is 11.4. The van der Waals surface area contributed by atoms with Crippen LogP contribution in [0.25, 0.3) is 0 Å². The number of benzene rings is 1. The number of hydrogen-bond donors (Lipinski definition) is 1. The number of thiophene rings is 1. The lowest BCUT2D eigenvalue weighted by Crippen LogP contribution is -1.96. The van der Waals surface area contributed by atoms with Crippen molar-refractivity contribution in [2.75, 3.05) is 5.73 Å². The third-order valence-electron chi connectivity index (χ3n) is 2.03. The fourth-order valence-electron chi connectivity index (χ4n) is 1.17. The number of rotatable bonds is 3. The maximum absolute atomic E-state index is 13.1. The highest BCUT2D eigenvalue weighted by Crippen LogP contribution is 2.25. The largest absolute Gasteiger partial charge is 0.488 e. The Morgan fingerprint density at radius 1 is 1.38 bits per heavy atom. The molecular formula is C11H9BrFNOS. The standard InChI is InChI=1S/C11H9BrFNOS/c12-8-3-4-16-11(8)6-15-7-1-2-10(14)9(13)5-7/h1-5H,6,14H2. The number of anilines is 1. The number of nitrogen functional groups attached to an aromatic ring is 1. The summed E-state index contributed by atoms with van der Waals surface area (Å²) in [7, 11) is 0. The summed E-state index contributed by atoms with van der Waals surface area (Å²) in [5.41, 5.74) is 5.50. The molecule has 0 aliphatic rings. The van der Waals surface area contributed by atoms with Gasteiger partial charge in [0.15, 0.2) is 0 Å². The van der Waals surface area contributed by atoms with E-state index in [1.54, 1.807) is 17.4 Å². The highest BCUT2D eigenvalue weighted by Gasteiger charge is 2.04. The van der Waals surface area contributed by atoms with Gasteiger partial charge in [-0.15, -0.1) is 11.3 Å². The molecule has 0 spiro atoms. The second-order valence-corrected chi connectivity index (χ2v) is 5.02. The van der Waals surface area contributed by atoms with Crippen LogP contribution < -0.4 is 10.5 Å². The molecule has 0 aliphatic heterocycles. The van der Waals surface area contributed by atoms with Crippen LogP contribution >= 0.6 is 27.3 Å². The van der Waals surface area contributed by atoms with Crippen molar-refractivity contribution in [1.29, 1.82) is 0 Å². The second-order valence-electron chi connectivity index (χ2n) is 3.16. The molecule has 1 aromatic heterocycles. The molecular weight excluding hydrogens is 293 g/mol. The molecule has 1 aromatic carbocycles. The molecule has 84 valence electrons. The van der Waals surface area contributed by atoms with Crippen molar-refractivity contribution in [3.05, 3.63) is 44.8 Å². The van der Waals surface area contributed by atoms with Gasteiger partial charge in [0.05, 0.1) is 10.6 Å². The maximum atomic E-state index is 13.1. The van der Waals surface area contributed by atoms with Crippen molar-refractivity contribution in [1.82, 2.24) is 0 Å². The molecule has 0 aliphatic carbocycles. The van der Waals surface area contributed by atoms with Crippen LogP contribution in [0.1, 0.15) is 4.88 Å². The molecule has 0 fully saturated rings. The average Bonchev–Trinajstić information content (AvgIpc) is 2.66. The first-order chi connectivity index (χ1) is 7.66. The molecule has 5 heteroatoms. The minimum absolute atomic E-state index is 0.129. The second kappa shape index (κ2) is 4.84. The molecule has 0 saturated carbocycles. The zero-order valence-corrected chi connectivity index (χ0v) is 10.6. The smallest absolute Gasteiger partial charge is 0.149 e. The topological polar surface area (TPSA) is 35.2 Å². The molecule has 0 bridgehead atoms. The molecule has 2 rings (SSSR count). The highest BCUT2D eigenvalue weighted by atomic mass is 79.9. The van der Waals surface area contributed by atoms with E-state index in [9.17, 15) is 4.39 Å². The van der Waals surface area contributed by atoms with Gasteiger partial charge in [-0.1, -0.05) is 0 Å². The van der Waals surface area contributed by atoms with Crippen LogP contribution in [0.2, 0.25) is 0 Å². The summed E-state index contributed by atoms with van der Waals surface area (Å²) in [5.74, 6) is 0.0229. The highest BCUT2D eigenvalue weighted by molar-refractivity contribution is 9.10. The van der Waals surface area contributed by atoms with Gasteiger partial charge < -0.3 is 10.5 Å². The fraction of sp³-hybridized carbons (Fsp3) is 0.0909. The lowest BCUT2D eigenvalue weighted by molar-refractivity contribution is 0.307. The van der Waals surface area contributed by atoms with Crippen LogP contribution in [0, 0.1) is 5.82 Å². The number of ether oxygens (including phenoxy) is 1. The Balaban J connectivity index is 2.05. The van der Waals surface area contributed by atoms with E-state index in [0.29, 0.717) is 12.4 Å². The normalized spacial score (nSPS) is 10.4. The minimum atomic E-state index is -0.456. The molecule has 16 heavy (non-hydrogen) atoms. The Morgan fingerprint density at radius 2 is 2.19 bits per heavy atom. The third kappa shape index (κ3) is 2.54. The first-order valence-electron chi connectivity index (χ1n) is 4.56. The van der Waals surface area contributed by atoms with Gasteiger partial charge in [-0.25, -0.2) is 4.39 Å². The van der Waals surface area contributed by atoms with Gasteiger partial charge in [0, 0.05) is 10.5 Å². The Bertz CT molecular complexity index is 500. The summed E-state index contributed by atoms with van der Waals surface area (Å²) in [6.07, 6.45) is 0. The van der Waals surface area contributed by atoms with E-state index in [2.05, 4.69) is 15.9 Å². The minimum Gasteiger partial charge on any atom is -0.488 e. The van der Waals surface area contributed by atoms with Crippen molar-refractivity contribution in [3.63, 3.8) is 0 Å². The lowest BCUT2D eigenvalue weighted by Gasteiger charge is -2.06. The molecule has 2 N–H and O–H groups in total. The first-order valence-corrected chi connectivity index (χ1v) is 6.24. The van der Waals surface area contributed by atoms with E-state index in [0.717, 1.165) is 9.35 Å².